The fourth-order valence-electron chi connectivity index (χ4n) is 3.01. The Kier molecular flexibility index (Phi) is 4.05. The Bertz CT molecular complexity index is 526. The predicted octanol–water partition coefficient (Wildman–Crippen LogP) is 3.13. The van der Waals surface area contributed by atoms with Gasteiger partial charge in [0.2, 0.25) is 5.82 Å². The van der Waals surface area contributed by atoms with Gasteiger partial charge in [0.1, 0.15) is 11.9 Å². The predicted molar refractivity (Wildman–Crippen MR) is 75.9 cm³/mol. The number of piperidine rings is 1. The number of ether oxygens (including phenoxy) is 1. The first-order valence-corrected chi connectivity index (χ1v) is 7.48. The van der Waals surface area contributed by atoms with Crippen molar-refractivity contribution in [3.8, 4) is 5.75 Å². The van der Waals surface area contributed by atoms with Gasteiger partial charge in [0, 0.05) is 31.3 Å². The maximum absolute atomic E-state index is 13.5. The molecule has 1 saturated heterocycles. The van der Waals surface area contributed by atoms with E-state index in [1.807, 2.05) is 0 Å². The van der Waals surface area contributed by atoms with Crippen LogP contribution >= 0.6 is 0 Å². The van der Waals surface area contributed by atoms with Crippen molar-refractivity contribution in [2.45, 2.75) is 44.2 Å². The number of nitro groups is 1. The van der Waals surface area contributed by atoms with Crippen molar-refractivity contribution in [3.63, 3.8) is 0 Å². The number of hydrogen-bond donors (Lipinski definition) is 0. The fourth-order valence-corrected chi connectivity index (χ4v) is 3.01. The highest BCUT2D eigenvalue weighted by atomic mass is 19.1. The van der Waals surface area contributed by atoms with Gasteiger partial charge in [-0.3, -0.25) is 10.1 Å². The molecule has 1 aromatic carbocycles. The van der Waals surface area contributed by atoms with Crippen LogP contribution in [-0.4, -0.2) is 35.1 Å². The molecule has 2 aliphatic rings. The molecule has 1 aromatic rings. The number of halogens is 1. The van der Waals surface area contributed by atoms with Crippen LogP contribution in [0, 0.1) is 15.9 Å². The number of likely N-dealkylation sites (tertiary alicyclic amines) is 1. The zero-order valence-corrected chi connectivity index (χ0v) is 11.8. The van der Waals surface area contributed by atoms with E-state index in [2.05, 4.69) is 4.90 Å². The average molecular weight is 294 g/mol. The zero-order chi connectivity index (χ0) is 14.8. The van der Waals surface area contributed by atoms with E-state index >= 15 is 0 Å². The Hall–Kier alpha value is -1.69. The zero-order valence-electron chi connectivity index (χ0n) is 11.8. The summed E-state index contributed by atoms with van der Waals surface area (Å²) >= 11 is 0. The molecule has 0 aromatic heterocycles. The highest BCUT2D eigenvalue weighted by molar-refractivity contribution is 5.38. The van der Waals surface area contributed by atoms with Crippen LogP contribution in [0.5, 0.6) is 5.75 Å². The van der Waals surface area contributed by atoms with Gasteiger partial charge in [-0.2, -0.15) is 4.39 Å². The van der Waals surface area contributed by atoms with E-state index in [0.717, 1.165) is 44.1 Å². The molecule has 1 saturated carbocycles. The van der Waals surface area contributed by atoms with Crippen LogP contribution in [0.1, 0.15) is 32.1 Å². The van der Waals surface area contributed by atoms with Gasteiger partial charge in [-0.15, -0.1) is 0 Å². The highest BCUT2D eigenvalue weighted by Gasteiger charge is 2.29. The van der Waals surface area contributed by atoms with Crippen LogP contribution in [0.2, 0.25) is 0 Å². The summed E-state index contributed by atoms with van der Waals surface area (Å²) in [5, 5.41) is 10.6. The van der Waals surface area contributed by atoms with E-state index in [1.54, 1.807) is 0 Å². The third-order valence-corrected chi connectivity index (χ3v) is 4.49. The maximum atomic E-state index is 13.5. The summed E-state index contributed by atoms with van der Waals surface area (Å²) < 4.78 is 19.3. The summed E-state index contributed by atoms with van der Waals surface area (Å²) in [4.78, 5) is 12.4. The van der Waals surface area contributed by atoms with Gasteiger partial charge in [0.15, 0.2) is 0 Å². The number of benzene rings is 1. The molecular formula is C15H19FN2O3. The first kappa shape index (κ1) is 14.3. The highest BCUT2D eigenvalue weighted by Crippen LogP contribution is 2.29. The third-order valence-electron chi connectivity index (χ3n) is 4.49. The lowest BCUT2D eigenvalue weighted by Gasteiger charge is -2.41. The molecule has 6 heteroatoms. The lowest BCUT2D eigenvalue weighted by Crippen LogP contribution is -2.46. The van der Waals surface area contributed by atoms with Crippen molar-refractivity contribution in [2.24, 2.45) is 0 Å². The van der Waals surface area contributed by atoms with Crippen LogP contribution < -0.4 is 4.74 Å². The van der Waals surface area contributed by atoms with Crippen LogP contribution in [0.15, 0.2) is 18.2 Å². The van der Waals surface area contributed by atoms with E-state index in [0.29, 0.717) is 5.75 Å². The molecular weight excluding hydrogens is 275 g/mol. The van der Waals surface area contributed by atoms with E-state index in [1.165, 1.54) is 25.3 Å². The molecule has 0 atom stereocenters. The second-order valence-corrected chi connectivity index (χ2v) is 5.81. The standard InChI is InChI=1S/C15H19FN2O3/c16-14-10-13(4-5-15(14)18(19)20)21-12-6-8-17(9-7-12)11-2-1-3-11/h4-5,10-12H,1-3,6-9H2. The van der Waals surface area contributed by atoms with E-state index in [-0.39, 0.29) is 6.10 Å². The summed E-state index contributed by atoms with van der Waals surface area (Å²) in [6.07, 6.45) is 5.87. The Morgan fingerprint density at radius 1 is 1.24 bits per heavy atom. The topological polar surface area (TPSA) is 55.6 Å². The summed E-state index contributed by atoms with van der Waals surface area (Å²) in [6.45, 7) is 2.04. The lowest BCUT2D eigenvalue weighted by molar-refractivity contribution is -0.387. The van der Waals surface area contributed by atoms with E-state index in [4.69, 9.17) is 4.74 Å². The van der Waals surface area contributed by atoms with Gasteiger partial charge in [0.05, 0.1) is 4.92 Å². The molecule has 0 amide bonds. The molecule has 0 bridgehead atoms. The number of hydrogen-bond acceptors (Lipinski definition) is 4. The lowest BCUT2D eigenvalue weighted by atomic mass is 9.90. The Balaban J connectivity index is 1.55. The van der Waals surface area contributed by atoms with Gasteiger partial charge >= 0.3 is 5.69 Å². The van der Waals surface area contributed by atoms with Crippen LogP contribution in [0.3, 0.4) is 0 Å². The minimum Gasteiger partial charge on any atom is -0.490 e. The average Bonchev–Trinajstić information content (AvgIpc) is 2.38. The summed E-state index contributed by atoms with van der Waals surface area (Å²) in [5.74, 6) is -0.468. The van der Waals surface area contributed by atoms with Crippen LogP contribution in [0.25, 0.3) is 0 Å². The van der Waals surface area contributed by atoms with Crippen molar-refractivity contribution in [3.05, 3.63) is 34.1 Å². The molecule has 1 aliphatic heterocycles. The van der Waals surface area contributed by atoms with Crippen molar-refractivity contribution in [1.29, 1.82) is 0 Å². The van der Waals surface area contributed by atoms with Gasteiger partial charge in [-0.05, 0) is 31.7 Å². The van der Waals surface area contributed by atoms with Gasteiger partial charge in [-0.25, -0.2) is 0 Å². The normalized spacial score (nSPS) is 21.0. The Morgan fingerprint density at radius 2 is 1.95 bits per heavy atom. The van der Waals surface area contributed by atoms with Gasteiger partial charge < -0.3 is 9.64 Å². The SMILES string of the molecule is O=[N+]([O-])c1ccc(OC2CCN(C3CCC3)CC2)cc1F. The number of rotatable bonds is 4. The van der Waals surface area contributed by atoms with E-state index in [9.17, 15) is 14.5 Å². The van der Waals surface area contributed by atoms with Crippen molar-refractivity contribution in [2.75, 3.05) is 13.1 Å². The number of nitrogens with zero attached hydrogens (tertiary/aromatic N) is 2. The van der Waals surface area contributed by atoms with Crippen molar-refractivity contribution in [1.82, 2.24) is 4.90 Å². The Labute approximate surface area is 122 Å². The molecule has 1 heterocycles. The summed E-state index contributed by atoms with van der Waals surface area (Å²) in [5.41, 5.74) is -0.512. The largest absolute Gasteiger partial charge is 0.490 e. The molecule has 0 spiro atoms. The smallest absolute Gasteiger partial charge is 0.305 e. The molecule has 2 fully saturated rings. The fraction of sp³-hybridized carbons (Fsp3) is 0.600. The second-order valence-electron chi connectivity index (χ2n) is 5.81. The Morgan fingerprint density at radius 3 is 2.48 bits per heavy atom. The molecule has 0 radical (unpaired) electrons. The molecule has 3 rings (SSSR count). The molecule has 0 unspecified atom stereocenters. The second kappa shape index (κ2) is 5.97. The molecule has 21 heavy (non-hydrogen) atoms. The van der Waals surface area contributed by atoms with Gasteiger partial charge in [-0.1, -0.05) is 6.42 Å². The molecule has 114 valence electrons. The maximum Gasteiger partial charge on any atom is 0.305 e. The monoisotopic (exact) mass is 294 g/mol. The van der Waals surface area contributed by atoms with Crippen molar-refractivity contribution < 1.29 is 14.1 Å². The summed E-state index contributed by atoms with van der Waals surface area (Å²) in [7, 11) is 0. The first-order chi connectivity index (χ1) is 10.1. The van der Waals surface area contributed by atoms with Gasteiger partial charge in [0.25, 0.3) is 0 Å². The van der Waals surface area contributed by atoms with Crippen LogP contribution in [0.4, 0.5) is 10.1 Å². The molecule has 0 N–H and O–H groups in total. The molecule has 5 nitrogen and oxygen atoms in total. The van der Waals surface area contributed by atoms with E-state index < -0.39 is 16.4 Å². The minimum atomic E-state index is -0.843. The van der Waals surface area contributed by atoms with Crippen molar-refractivity contribution >= 4 is 5.69 Å². The quantitative estimate of drug-likeness (QED) is 0.632. The van der Waals surface area contributed by atoms with Crippen LogP contribution in [-0.2, 0) is 0 Å². The first-order valence-electron chi connectivity index (χ1n) is 7.48. The molecule has 1 aliphatic carbocycles. The minimum absolute atomic E-state index is 0.0715. The summed E-state index contributed by atoms with van der Waals surface area (Å²) in [6, 6.07) is 4.49. The number of nitro benzene ring substituents is 1. The third kappa shape index (κ3) is 3.15.